The number of nitrogens with zero attached hydrogens (tertiary/aromatic N) is 1. The number of nitrogens with one attached hydrogen (secondary N) is 1. The molecule has 2 aromatic carbocycles. The Morgan fingerprint density at radius 2 is 1.85 bits per heavy atom. The lowest BCUT2D eigenvalue weighted by Gasteiger charge is -2.08. The second kappa shape index (κ2) is 10.4. The zero-order valence-electron chi connectivity index (χ0n) is 15.5. The third-order valence-corrected chi connectivity index (χ3v) is 4.14. The molecule has 0 aliphatic carbocycles. The molecule has 0 heterocycles. The number of hydrogen-bond donors (Lipinski definition) is 1. The van der Waals surface area contributed by atoms with Crippen molar-refractivity contribution in [1.29, 1.82) is 5.26 Å². The number of hydrogen-bond acceptors (Lipinski definition) is 3. The average Bonchev–Trinajstić information content (AvgIpc) is 2.66. The van der Waals surface area contributed by atoms with Gasteiger partial charge in [0.25, 0.3) is 5.91 Å². The Hall–Kier alpha value is -2.77. The Morgan fingerprint density at radius 3 is 2.44 bits per heavy atom. The van der Waals surface area contributed by atoms with Crippen molar-refractivity contribution in [3.8, 4) is 11.8 Å². The molecule has 0 atom stereocenters. The van der Waals surface area contributed by atoms with Crippen LogP contribution in [0.2, 0.25) is 5.02 Å². The molecule has 0 radical (unpaired) electrons. The van der Waals surface area contributed by atoms with E-state index in [1.807, 2.05) is 42.5 Å². The predicted octanol–water partition coefficient (Wildman–Crippen LogP) is 4.99. The van der Waals surface area contributed by atoms with Crippen LogP contribution in [-0.4, -0.2) is 12.5 Å². The summed E-state index contributed by atoms with van der Waals surface area (Å²) < 4.78 is 5.67. The summed E-state index contributed by atoms with van der Waals surface area (Å²) >= 11 is 5.84. The fourth-order valence-electron chi connectivity index (χ4n) is 2.27. The quantitative estimate of drug-likeness (QED) is 0.516. The van der Waals surface area contributed by atoms with E-state index in [9.17, 15) is 10.1 Å². The Balaban J connectivity index is 1.94. The molecule has 0 bridgehead atoms. The maximum Gasteiger partial charge on any atom is 0.262 e. The highest BCUT2D eigenvalue weighted by Crippen LogP contribution is 2.16. The number of rotatable bonds is 8. The molecule has 1 N–H and O–H groups in total. The summed E-state index contributed by atoms with van der Waals surface area (Å²) in [5, 5.41) is 12.7. The number of amides is 1. The first-order valence-corrected chi connectivity index (χ1v) is 9.23. The van der Waals surface area contributed by atoms with Gasteiger partial charge in [-0.15, -0.1) is 0 Å². The molecular weight excluding hydrogens is 360 g/mol. The highest BCUT2D eigenvalue weighted by Gasteiger charge is 2.09. The summed E-state index contributed by atoms with van der Waals surface area (Å²) in [7, 11) is 0. The van der Waals surface area contributed by atoms with Crippen LogP contribution in [0.1, 0.15) is 31.4 Å². The number of halogens is 1. The van der Waals surface area contributed by atoms with Crippen molar-refractivity contribution in [1.82, 2.24) is 5.32 Å². The molecular formula is C22H23ClN2O2. The molecule has 0 aliphatic heterocycles. The van der Waals surface area contributed by atoms with Gasteiger partial charge in [-0.05, 0) is 53.8 Å². The van der Waals surface area contributed by atoms with E-state index >= 15 is 0 Å². The minimum Gasteiger partial charge on any atom is -0.494 e. The molecule has 0 spiro atoms. The van der Waals surface area contributed by atoms with Gasteiger partial charge >= 0.3 is 0 Å². The molecule has 0 saturated carbocycles. The Kier molecular flexibility index (Phi) is 7.91. The fraction of sp³-hybridized carbons (Fsp3) is 0.273. The fourth-order valence-corrected chi connectivity index (χ4v) is 2.39. The van der Waals surface area contributed by atoms with Crippen molar-refractivity contribution in [2.45, 2.75) is 26.8 Å². The summed E-state index contributed by atoms with van der Waals surface area (Å²) in [5.74, 6) is 0.958. The highest BCUT2D eigenvalue weighted by atomic mass is 35.5. The number of benzene rings is 2. The standard InChI is InChI=1S/C22H23ClN2O2/c1-16(2)11-12-27-21-9-5-17(6-10-21)13-19(14-24)22(26)25-15-18-3-7-20(23)8-4-18/h3-10,13,16H,11-12,15H2,1-2H3,(H,25,26)/b19-13-. The maximum absolute atomic E-state index is 12.2. The zero-order valence-corrected chi connectivity index (χ0v) is 16.3. The van der Waals surface area contributed by atoms with Crippen LogP contribution in [0.15, 0.2) is 54.1 Å². The molecule has 0 aliphatic rings. The maximum atomic E-state index is 12.2. The van der Waals surface area contributed by atoms with Gasteiger partial charge in [0.1, 0.15) is 17.4 Å². The second-order valence-corrected chi connectivity index (χ2v) is 7.02. The first-order valence-electron chi connectivity index (χ1n) is 8.85. The van der Waals surface area contributed by atoms with E-state index in [2.05, 4.69) is 19.2 Å². The summed E-state index contributed by atoms with van der Waals surface area (Å²) in [4.78, 5) is 12.2. The summed E-state index contributed by atoms with van der Waals surface area (Å²) in [6, 6.07) is 16.5. The SMILES string of the molecule is CC(C)CCOc1ccc(/C=C(/C#N)C(=O)NCc2ccc(Cl)cc2)cc1. The molecule has 5 heteroatoms. The van der Waals surface area contributed by atoms with E-state index in [4.69, 9.17) is 16.3 Å². The van der Waals surface area contributed by atoms with Crippen LogP contribution in [0, 0.1) is 17.2 Å². The molecule has 0 saturated heterocycles. The number of carbonyl (C=O) groups is 1. The molecule has 27 heavy (non-hydrogen) atoms. The first kappa shape index (κ1) is 20.5. The van der Waals surface area contributed by atoms with Crippen molar-refractivity contribution in [3.05, 3.63) is 70.3 Å². The summed E-state index contributed by atoms with van der Waals surface area (Å²) in [5.41, 5.74) is 1.73. The Morgan fingerprint density at radius 1 is 1.19 bits per heavy atom. The molecule has 0 aromatic heterocycles. The lowest BCUT2D eigenvalue weighted by molar-refractivity contribution is -0.117. The molecule has 2 rings (SSSR count). The van der Waals surface area contributed by atoms with Gasteiger partial charge in [-0.2, -0.15) is 5.26 Å². The zero-order chi connectivity index (χ0) is 19.6. The number of ether oxygens (including phenoxy) is 1. The lowest BCUT2D eigenvalue weighted by atomic mass is 10.1. The molecule has 0 unspecified atom stereocenters. The van der Waals surface area contributed by atoms with Crippen molar-refractivity contribution in [2.75, 3.05) is 6.61 Å². The van der Waals surface area contributed by atoms with E-state index in [1.165, 1.54) is 0 Å². The highest BCUT2D eigenvalue weighted by molar-refractivity contribution is 6.30. The summed E-state index contributed by atoms with van der Waals surface area (Å²) in [6.07, 6.45) is 2.56. The minimum absolute atomic E-state index is 0.0532. The minimum atomic E-state index is -0.412. The van der Waals surface area contributed by atoms with Crippen molar-refractivity contribution >= 4 is 23.6 Å². The number of carbonyl (C=O) groups excluding carboxylic acids is 1. The van der Waals surface area contributed by atoms with Gasteiger partial charge in [-0.25, -0.2) is 0 Å². The van der Waals surface area contributed by atoms with Crippen molar-refractivity contribution in [2.24, 2.45) is 5.92 Å². The molecule has 140 valence electrons. The molecule has 1 amide bonds. The Labute approximate surface area is 165 Å². The molecule has 2 aromatic rings. The van der Waals surface area contributed by atoms with Crippen LogP contribution in [0.5, 0.6) is 5.75 Å². The van der Waals surface area contributed by atoms with Crippen LogP contribution >= 0.6 is 11.6 Å². The van der Waals surface area contributed by atoms with Gasteiger partial charge in [-0.1, -0.05) is 49.7 Å². The van der Waals surface area contributed by atoms with Crippen LogP contribution in [0.25, 0.3) is 6.08 Å². The van der Waals surface area contributed by atoms with E-state index in [1.54, 1.807) is 18.2 Å². The normalized spacial score (nSPS) is 11.1. The van der Waals surface area contributed by atoms with Crippen LogP contribution < -0.4 is 10.1 Å². The monoisotopic (exact) mass is 382 g/mol. The van der Waals surface area contributed by atoms with Gasteiger partial charge in [0.2, 0.25) is 0 Å². The van der Waals surface area contributed by atoms with Gasteiger partial charge in [0.05, 0.1) is 6.61 Å². The lowest BCUT2D eigenvalue weighted by Crippen LogP contribution is -2.23. The van der Waals surface area contributed by atoms with Gasteiger partial charge < -0.3 is 10.1 Å². The van der Waals surface area contributed by atoms with E-state index < -0.39 is 5.91 Å². The Bertz CT molecular complexity index is 819. The molecule has 4 nitrogen and oxygen atoms in total. The first-order chi connectivity index (χ1) is 13.0. The smallest absolute Gasteiger partial charge is 0.262 e. The van der Waals surface area contributed by atoms with Gasteiger partial charge in [0, 0.05) is 11.6 Å². The second-order valence-electron chi connectivity index (χ2n) is 6.58. The third-order valence-electron chi connectivity index (χ3n) is 3.89. The van der Waals surface area contributed by atoms with Gasteiger partial charge in [0.15, 0.2) is 0 Å². The van der Waals surface area contributed by atoms with E-state index in [-0.39, 0.29) is 5.57 Å². The van der Waals surface area contributed by atoms with E-state index in [0.29, 0.717) is 24.1 Å². The third kappa shape index (κ3) is 7.16. The largest absolute Gasteiger partial charge is 0.494 e. The van der Waals surface area contributed by atoms with E-state index in [0.717, 1.165) is 23.3 Å². The molecule has 0 fully saturated rings. The number of nitriles is 1. The van der Waals surface area contributed by atoms with Crippen molar-refractivity contribution < 1.29 is 9.53 Å². The topological polar surface area (TPSA) is 62.1 Å². The average molecular weight is 383 g/mol. The van der Waals surface area contributed by atoms with Gasteiger partial charge in [-0.3, -0.25) is 4.79 Å². The van der Waals surface area contributed by atoms with Crippen LogP contribution in [0.3, 0.4) is 0 Å². The van der Waals surface area contributed by atoms with Crippen LogP contribution in [-0.2, 0) is 11.3 Å². The van der Waals surface area contributed by atoms with Crippen molar-refractivity contribution in [3.63, 3.8) is 0 Å². The predicted molar refractivity (Wildman–Crippen MR) is 108 cm³/mol. The summed E-state index contributed by atoms with van der Waals surface area (Å²) in [6.45, 7) is 5.30. The van der Waals surface area contributed by atoms with Crippen LogP contribution in [0.4, 0.5) is 0 Å².